The highest BCUT2D eigenvalue weighted by molar-refractivity contribution is 6.30. The zero-order chi connectivity index (χ0) is 8.10. The van der Waals surface area contributed by atoms with Crippen molar-refractivity contribution in [3.8, 4) is 12.3 Å². The maximum absolute atomic E-state index is 5.64. The van der Waals surface area contributed by atoms with Crippen LogP contribution in [0.1, 0.15) is 12.1 Å². The Morgan fingerprint density at radius 1 is 1.55 bits per heavy atom. The molecule has 0 radical (unpaired) electrons. The predicted octanol–water partition coefficient (Wildman–Crippen LogP) is 2.30. The minimum atomic E-state index is 0.662. The molecule has 0 aliphatic carbocycles. The molecule has 0 atom stereocenters. The van der Waals surface area contributed by atoms with E-state index in [1.807, 2.05) is 12.1 Å². The van der Waals surface area contributed by atoms with Crippen molar-refractivity contribution in [2.75, 3.05) is 0 Å². The normalized spacial score (nSPS) is 9.09. The van der Waals surface area contributed by atoms with Crippen LogP contribution >= 0.6 is 11.6 Å². The second-order valence-corrected chi connectivity index (χ2v) is 2.61. The van der Waals surface area contributed by atoms with E-state index in [1.54, 1.807) is 6.20 Å². The van der Waals surface area contributed by atoms with Gasteiger partial charge >= 0.3 is 0 Å². The fraction of sp³-hybridized carbons (Fsp3) is 0.222. The molecule has 0 amide bonds. The highest BCUT2D eigenvalue weighted by Crippen LogP contribution is 2.06. The molecule has 0 fully saturated rings. The Morgan fingerprint density at radius 3 is 2.91 bits per heavy atom. The summed E-state index contributed by atoms with van der Waals surface area (Å²) in [5, 5.41) is 0.662. The molecule has 0 aliphatic heterocycles. The second-order valence-electron chi connectivity index (χ2n) is 2.17. The van der Waals surface area contributed by atoms with E-state index in [0.717, 1.165) is 18.5 Å². The number of terminal acetylenes is 1. The predicted molar refractivity (Wildman–Crippen MR) is 46.4 cm³/mol. The summed E-state index contributed by atoms with van der Waals surface area (Å²) in [7, 11) is 0. The van der Waals surface area contributed by atoms with Crippen molar-refractivity contribution in [1.82, 2.24) is 4.98 Å². The largest absolute Gasteiger partial charge is 0.260 e. The first-order valence-electron chi connectivity index (χ1n) is 3.37. The molecule has 1 heterocycles. The smallest absolute Gasteiger partial charge is 0.0589 e. The summed E-state index contributed by atoms with van der Waals surface area (Å²) in [6.07, 6.45) is 8.29. The summed E-state index contributed by atoms with van der Waals surface area (Å²) in [6, 6.07) is 3.71. The Hall–Kier alpha value is -1.00. The van der Waals surface area contributed by atoms with Crippen LogP contribution in [0.4, 0.5) is 0 Å². The lowest BCUT2D eigenvalue weighted by Crippen LogP contribution is -1.87. The van der Waals surface area contributed by atoms with Crippen molar-refractivity contribution in [3.63, 3.8) is 0 Å². The molecule has 0 aliphatic rings. The Balaban J connectivity index is 2.60. The van der Waals surface area contributed by atoms with Crippen LogP contribution in [0.15, 0.2) is 18.3 Å². The average molecular weight is 166 g/mol. The summed E-state index contributed by atoms with van der Waals surface area (Å²) in [5.74, 6) is 2.56. The van der Waals surface area contributed by atoms with E-state index in [2.05, 4.69) is 10.9 Å². The van der Waals surface area contributed by atoms with Crippen LogP contribution in [0.25, 0.3) is 0 Å². The minimum absolute atomic E-state index is 0.662. The highest BCUT2D eigenvalue weighted by atomic mass is 35.5. The van der Waals surface area contributed by atoms with Crippen molar-refractivity contribution < 1.29 is 0 Å². The Bertz CT molecular complexity index is 258. The summed E-state index contributed by atoms with van der Waals surface area (Å²) >= 11 is 5.64. The van der Waals surface area contributed by atoms with Gasteiger partial charge in [0.25, 0.3) is 0 Å². The maximum Gasteiger partial charge on any atom is 0.0589 e. The van der Waals surface area contributed by atoms with E-state index < -0.39 is 0 Å². The van der Waals surface area contributed by atoms with Gasteiger partial charge in [0, 0.05) is 24.7 Å². The van der Waals surface area contributed by atoms with Gasteiger partial charge in [-0.1, -0.05) is 11.6 Å². The molecule has 0 unspecified atom stereocenters. The first-order valence-corrected chi connectivity index (χ1v) is 3.74. The first kappa shape index (κ1) is 8.10. The number of aryl methyl sites for hydroxylation is 1. The van der Waals surface area contributed by atoms with Gasteiger partial charge in [0.1, 0.15) is 0 Å². The molecular formula is C9H8ClN. The zero-order valence-electron chi connectivity index (χ0n) is 6.05. The third-order valence-electron chi connectivity index (χ3n) is 1.31. The van der Waals surface area contributed by atoms with Gasteiger partial charge < -0.3 is 0 Å². The van der Waals surface area contributed by atoms with Crippen molar-refractivity contribution in [2.45, 2.75) is 12.8 Å². The van der Waals surface area contributed by atoms with Gasteiger partial charge in [-0.15, -0.1) is 12.3 Å². The van der Waals surface area contributed by atoms with Crippen molar-refractivity contribution in [1.29, 1.82) is 0 Å². The summed E-state index contributed by atoms with van der Waals surface area (Å²) in [4.78, 5) is 4.09. The highest BCUT2D eigenvalue weighted by Gasteiger charge is 1.91. The number of rotatable bonds is 2. The SMILES string of the molecule is C#CCCc1ccc(Cl)cn1. The molecule has 0 saturated carbocycles. The average Bonchev–Trinajstić information content (AvgIpc) is 2.04. The standard InChI is InChI=1S/C9H8ClN/c1-2-3-4-9-6-5-8(10)7-11-9/h1,5-7H,3-4H2. The molecule has 11 heavy (non-hydrogen) atoms. The van der Waals surface area contributed by atoms with Crippen LogP contribution in [0.3, 0.4) is 0 Å². The molecule has 1 nitrogen and oxygen atoms in total. The quantitative estimate of drug-likeness (QED) is 0.613. The monoisotopic (exact) mass is 165 g/mol. The molecule has 0 saturated heterocycles. The number of pyridine rings is 1. The summed E-state index contributed by atoms with van der Waals surface area (Å²) in [5.41, 5.74) is 0.993. The lowest BCUT2D eigenvalue weighted by molar-refractivity contribution is 0.963. The Morgan fingerprint density at radius 2 is 2.36 bits per heavy atom. The van der Waals surface area contributed by atoms with Crippen LogP contribution in [0, 0.1) is 12.3 Å². The van der Waals surface area contributed by atoms with E-state index in [-0.39, 0.29) is 0 Å². The van der Waals surface area contributed by atoms with Gasteiger partial charge in [0.2, 0.25) is 0 Å². The molecule has 1 rings (SSSR count). The maximum atomic E-state index is 5.64. The van der Waals surface area contributed by atoms with Crippen molar-refractivity contribution in [3.05, 3.63) is 29.0 Å². The molecule has 0 aromatic carbocycles. The van der Waals surface area contributed by atoms with Gasteiger partial charge in [-0.25, -0.2) is 0 Å². The summed E-state index contributed by atoms with van der Waals surface area (Å²) in [6.45, 7) is 0. The molecule has 2 heteroatoms. The van der Waals surface area contributed by atoms with Crippen LogP contribution in [-0.4, -0.2) is 4.98 Å². The van der Waals surface area contributed by atoms with Crippen LogP contribution in [0.5, 0.6) is 0 Å². The number of hydrogen-bond acceptors (Lipinski definition) is 1. The van der Waals surface area contributed by atoms with Crippen LogP contribution in [0.2, 0.25) is 5.02 Å². The number of halogens is 1. The van der Waals surface area contributed by atoms with Gasteiger partial charge in [-0.3, -0.25) is 4.98 Å². The topological polar surface area (TPSA) is 12.9 Å². The van der Waals surface area contributed by atoms with E-state index >= 15 is 0 Å². The van der Waals surface area contributed by atoms with Crippen molar-refractivity contribution >= 4 is 11.6 Å². The van der Waals surface area contributed by atoms with Gasteiger partial charge in [-0.05, 0) is 12.1 Å². The third kappa shape index (κ3) is 2.61. The van der Waals surface area contributed by atoms with E-state index in [1.165, 1.54) is 0 Å². The molecule has 0 N–H and O–H groups in total. The van der Waals surface area contributed by atoms with E-state index in [9.17, 15) is 0 Å². The fourth-order valence-electron chi connectivity index (χ4n) is 0.755. The molecule has 0 bridgehead atoms. The lowest BCUT2D eigenvalue weighted by Gasteiger charge is -1.94. The lowest BCUT2D eigenvalue weighted by atomic mass is 10.2. The molecule has 0 spiro atoms. The first-order chi connectivity index (χ1) is 5.33. The fourth-order valence-corrected chi connectivity index (χ4v) is 0.866. The van der Waals surface area contributed by atoms with Crippen LogP contribution < -0.4 is 0 Å². The zero-order valence-corrected chi connectivity index (χ0v) is 6.80. The van der Waals surface area contributed by atoms with E-state index in [4.69, 9.17) is 18.0 Å². The van der Waals surface area contributed by atoms with E-state index in [0.29, 0.717) is 5.02 Å². The van der Waals surface area contributed by atoms with Gasteiger partial charge in [0.15, 0.2) is 0 Å². The summed E-state index contributed by atoms with van der Waals surface area (Å²) < 4.78 is 0. The molecule has 56 valence electrons. The van der Waals surface area contributed by atoms with Gasteiger partial charge in [-0.2, -0.15) is 0 Å². The number of nitrogens with zero attached hydrogens (tertiary/aromatic N) is 1. The molecule has 1 aromatic heterocycles. The number of aromatic nitrogens is 1. The second kappa shape index (κ2) is 4.00. The number of hydrogen-bond donors (Lipinski definition) is 0. The Kier molecular flexibility index (Phi) is 2.95. The third-order valence-corrected chi connectivity index (χ3v) is 1.54. The van der Waals surface area contributed by atoms with Crippen molar-refractivity contribution in [2.24, 2.45) is 0 Å². The van der Waals surface area contributed by atoms with Crippen LogP contribution in [-0.2, 0) is 6.42 Å². The Labute approximate surface area is 71.4 Å². The van der Waals surface area contributed by atoms with Gasteiger partial charge in [0.05, 0.1) is 5.02 Å². The molecule has 1 aromatic rings. The minimum Gasteiger partial charge on any atom is -0.260 e. The molecular weight excluding hydrogens is 158 g/mol.